The molecule has 7 nitrogen and oxygen atoms in total. The maximum Gasteiger partial charge on any atom is 0.293 e. The van der Waals surface area contributed by atoms with Crippen LogP contribution in [0.1, 0.15) is 24.2 Å². The van der Waals surface area contributed by atoms with E-state index in [1.807, 2.05) is 6.92 Å². The molecule has 0 aliphatic rings. The monoisotopic (exact) mass is 288 g/mol. The summed E-state index contributed by atoms with van der Waals surface area (Å²) in [6, 6.07) is 5.91. The predicted molar refractivity (Wildman–Crippen MR) is 78.1 cm³/mol. The third kappa shape index (κ3) is 3.25. The molecule has 1 atom stereocenters. The number of nitro groups is 1. The van der Waals surface area contributed by atoms with Gasteiger partial charge in [-0.3, -0.25) is 19.6 Å². The van der Waals surface area contributed by atoms with Crippen molar-refractivity contribution < 1.29 is 9.72 Å². The molecule has 1 aromatic heterocycles. The van der Waals surface area contributed by atoms with E-state index in [9.17, 15) is 14.9 Å². The number of carbonyl (C=O) groups is 1. The van der Waals surface area contributed by atoms with Gasteiger partial charge < -0.3 is 5.32 Å². The van der Waals surface area contributed by atoms with Crippen molar-refractivity contribution >= 4 is 17.3 Å². The van der Waals surface area contributed by atoms with Gasteiger partial charge in [0.1, 0.15) is 11.7 Å². The number of aromatic nitrogens is 2. The number of hydrogen-bond donors (Lipinski definition) is 1. The number of hydrogen-bond acceptors (Lipinski definition) is 4. The van der Waals surface area contributed by atoms with Gasteiger partial charge in [-0.15, -0.1) is 0 Å². The number of anilines is 1. The van der Waals surface area contributed by atoms with Gasteiger partial charge >= 0.3 is 0 Å². The van der Waals surface area contributed by atoms with E-state index in [0.717, 1.165) is 11.3 Å². The first-order chi connectivity index (χ1) is 9.88. The molecule has 0 aliphatic carbocycles. The lowest BCUT2D eigenvalue weighted by atomic mass is 10.2. The van der Waals surface area contributed by atoms with Gasteiger partial charge in [0.15, 0.2) is 0 Å². The lowest BCUT2D eigenvalue weighted by molar-refractivity contribution is -0.384. The van der Waals surface area contributed by atoms with Crippen LogP contribution < -0.4 is 5.32 Å². The molecule has 2 rings (SSSR count). The molecular formula is C14H16N4O3. The van der Waals surface area contributed by atoms with E-state index in [1.54, 1.807) is 32.2 Å². The zero-order valence-electron chi connectivity index (χ0n) is 12.0. The van der Waals surface area contributed by atoms with Crippen LogP contribution in [-0.4, -0.2) is 20.6 Å². The van der Waals surface area contributed by atoms with Crippen LogP contribution in [0.4, 0.5) is 11.4 Å². The molecule has 1 unspecified atom stereocenters. The van der Waals surface area contributed by atoms with Gasteiger partial charge in [0, 0.05) is 12.3 Å². The summed E-state index contributed by atoms with van der Waals surface area (Å²) >= 11 is 0. The second-order valence-corrected chi connectivity index (χ2v) is 4.88. The normalized spacial score (nSPS) is 12.0. The molecule has 0 aliphatic heterocycles. The van der Waals surface area contributed by atoms with E-state index in [2.05, 4.69) is 10.4 Å². The Hall–Kier alpha value is -2.70. The highest BCUT2D eigenvalue weighted by molar-refractivity contribution is 5.95. The molecule has 1 amide bonds. The number of carbonyl (C=O) groups excluding carboxylic acids is 1. The quantitative estimate of drug-likeness (QED) is 0.691. The fourth-order valence-corrected chi connectivity index (χ4v) is 1.90. The van der Waals surface area contributed by atoms with Crippen LogP contribution in [0.25, 0.3) is 0 Å². The second-order valence-electron chi connectivity index (χ2n) is 4.88. The van der Waals surface area contributed by atoms with Gasteiger partial charge in [-0.05, 0) is 38.5 Å². The molecule has 0 bridgehead atoms. The van der Waals surface area contributed by atoms with Gasteiger partial charge in [0.25, 0.3) is 5.69 Å². The Bertz CT molecular complexity index is 693. The number of rotatable bonds is 4. The smallest absolute Gasteiger partial charge is 0.293 e. The summed E-state index contributed by atoms with van der Waals surface area (Å²) in [6.07, 6.45) is 1.70. The minimum Gasteiger partial charge on any atom is -0.319 e. The maximum atomic E-state index is 12.2. The molecular weight excluding hydrogens is 272 g/mol. The van der Waals surface area contributed by atoms with E-state index in [4.69, 9.17) is 0 Å². The molecule has 0 saturated heterocycles. The van der Waals surface area contributed by atoms with Crippen LogP contribution in [0.2, 0.25) is 0 Å². The predicted octanol–water partition coefficient (Wildman–Crippen LogP) is 2.61. The Morgan fingerprint density at radius 2 is 2.10 bits per heavy atom. The minimum absolute atomic E-state index is 0.118. The first kappa shape index (κ1) is 14.7. The highest BCUT2D eigenvalue weighted by atomic mass is 16.6. The van der Waals surface area contributed by atoms with E-state index in [0.29, 0.717) is 0 Å². The van der Waals surface area contributed by atoms with Gasteiger partial charge in [0.2, 0.25) is 5.91 Å². The van der Waals surface area contributed by atoms with E-state index < -0.39 is 11.0 Å². The number of aryl methyl sites for hydroxylation is 2. The lowest BCUT2D eigenvalue weighted by Crippen LogP contribution is -2.24. The fourth-order valence-electron chi connectivity index (χ4n) is 1.90. The largest absolute Gasteiger partial charge is 0.319 e. The standard InChI is InChI=1S/C14H16N4O3/c1-9-4-5-12(13(8-9)18(20)21)15-14(19)11(3)17-7-6-10(2)16-17/h4-8,11H,1-3H3,(H,15,19). The van der Waals surface area contributed by atoms with Crippen LogP contribution in [0.15, 0.2) is 30.5 Å². The fraction of sp³-hybridized carbons (Fsp3) is 0.286. The summed E-state index contributed by atoms with van der Waals surface area (Å²) < 4.78 is 1.52. The summed E-state index contributed by atoms with van der Waals surface area (Å²) in [7, 11) is 0. The third-order valence-electron chi connectivity index (χ3n) is 3.13. The summed E-state index contributed by atoms with van der Waals surface area (Å²) in [4.78, 5) is 22.7. The van der Waals surface area contributed by atoms with Crippen molar-refractivity contribution in [1.82, 2.24) is 9.78 Å². The van der Waals surface area contributed by atoms with Crippen LogP contribution in [0.3, 0.4) is 0 Å². The Morgan fingerprint density at radius 3 is 2.67 bits per heavy atom. The molecule has 0 spiro atoms. The highest BCUT2D eigenvalue weighted by Gasteiger charge is 2.20. The topological polar surface area (TPSA) is 90.1 Å². The van der Waals surface area contributed by atoms with Gasteiger partial charge in [-0.2, -0.15) is 5.10 Å². The van der Waals surface area contributed by atoms with Crippen molar-refractivity contribution in [2.45, 2.75) is 26.8 Å². The van der Waals surface area contributed by atoms with Crippen molar-refractivity contribution in [3.05, 3.63) is 51.8 Å². The van der Waals surface area contributed by atoms with Crippen LogP contribution in [0, 0.1) is 24.0 Å². The Morgan fingerprint density at radius 1 is 1.38 bits per heavy atom. The first-order valence-corrected chi connectivity index (χ1v) is 6.46. The summed E-state index contributed by atoms with van der Waals surface area (Å²) in [5, 5.41) is 17.8. The van der Waals surface area contributed by atoms with Gasteiger partial charge in [-0.25, -0.2) is 0 Å². The molecule has 0 radical (unpaired) electrons. The molecule has 0 fully saturated rings. The maximum absolute atomic E-state index is 12.2. The molecule has 1 N–H and O–H groups in total. The number of amides is 1. The van der Waals surface area contributed by atoms with Gasteiger partial charge in [0.05, 0.1) is 10.6 Å². The second kappa shape index (κ2) is 5.74. The van der Waals surface area contributed by atoms with Crippen molar-refractivity contribution in [3.8, 4) is 0 Å². The summed E-state index contributed by atoms with van der Waals surface area (Å²) in [6.45, 7) is 5.27. The number of nitrogens with one attached hydrogen (secondary N) is 1. The van der Waals surface area contributed by atoms with Crippen molar-refractivity contribution in [2.75, 3.05) is 5.32 Å². The summed E-state index contributed by atoms with van der Waals surface area (Å²) in [5.41, 5.74) is 1.63. The highest BCUT2D eigenvalue weighted by Crippen LogP contribution is 2.26. The van der Waals surface area contributed by atoms with Crippen LogP contribution in [-0.2, 0) is 4.79 Å². The lowest BCUT2D eigenvalue weighted by Gasteiger charge is -2.13. The minimum atomic E-state index is -0.556. The van der Waals surface area contributed by atoms with Crippen LogP contribution >= 0.6 is 0 Å². The molecule has 7 heteroatoms. The Balaban J connectivity index is 2.22. The zero-order valence-corrected chi connectivity index (χ0v) is 12.0. The molecule has 1 aromatic carbocycles. The SMILES string of the molecule is Cc1ccc(NC(=O)C(C)n2ccc(C)n2)c([N+](=O)[O-])c1. The molecule has 2 aromatic rings. The van der Waals surface area contributed by atoms with Gasteiger partial charge in [-0.1, -0.05) is 6.07 Å². The number of benzene rings is 1. The first-order valence-electron chi connectivity index (χ1n) is 6.46. The Labute approximate surface area is 121 Å². The molecule has 110 valence electrons. The average molecular weight is 288 g/mol. The molecule has 21 heavy (non-hydrogen) atoms. The van der Waals surface area contributed by atoms with Crippen molar-refractivity contribution in [3.63, 3.8) is 0 Å². The Kier molecular flexibility index (Phi) is 4.02. The van der Waals surface area contributed by atoms with Crippen molar-refractivity contribution in [2.24, 2.45) is 0 Å². The number of nitro benzene ring substituents is 1. The van der Waals surface area contributed by atoms with E-state index in [1.165, 1.54) is 16.8 Å². The zero-order chi connectivity index (χ0) is 15.6. The van der Waals surface area contributed by atoms with E-state index >= 15 is 0 Å². The molecule has 1 heterocycles. The number of nitrogens with zero attached hydrogens (tertiary/aromatic N) is 3. The van der Waals surface area contributed by atoms with Crippen molar-refractivity contribution in [1.29, 1.82) is 0 Å². The van der Waals surface area contributed by atoms with Crippen LogP contribution in [0.5, 0.6) is 0 Å². The molecule has 0 saturated carbocycles. The van der Waals surface area contributed by atoms with E-state index in [-0.39, 0.29) is 17.3 Å². The summed E-state index contributed by atoms with van der Waals surface area (Å²) in [5.74, 6) is -0.356. The average Bonchev–Trinajstić information content (AvgIpc) is 2.86. The third-order valence-corrected chi connectivity index (χ3v) is 3.13.